The third-order valence-electron chi connectivity index (χ3n) is 6.24. The minimum atomic E-state index is -3.54. The largest absolute Gasteiger partial charge is 0.339 e. The number of hydrogen-bond donors (Lipinski definition) is 0. The molecule has 0 spiro atoms. The smallest absolute Gasteiger partial charge is 0.243 e. The van der Waals surface area contributed by atoms with Crippen molar-refractivity contribution in [2.45, 2.75) is 50.5 Å². The number of thioether (sulfide) groups is 1. The highest BCUT2D eigenvalue weighted by Gasteiger charge is 2.31. The second-order valence-electron chi connectivity index (χ2n) is 8.54. The lowest BCUT2D eigenvalue weighted by Gasteiger charge is -2.35. The van der Waals surface area contributed by atoms with Crippen molar-refractivity contribution in [1.82, 2.24) is 9.21 Å². The molecule has 0 radical (unpaired) electrons. The third-order valence-corrected chi connectivity index (χ3v) is 9.31. The van der Waals surface area contributed by atoms with Crippen molar-refractivity contribution in [2.24, 2.45) is 0 Å². The van der Waals surface area contributed by atoms with Crippen LogP contribution in [-0.2, 0) is 20.6 Å². The van der Waals surface area contributed by atoms with Gasteiger partial charge in [-0.3, -0.25) is 9.59 Å². The minimum absolute atomic E-state index is 0.0194. The van der Waals surface area contributed by atoms with Gasteiger partial charge in [0, 0.05) is 37.5 Å². The molecular formula is C25H32N2O4S2. The van der Waals surface area contributed by atoms with Gasteiger partial charge < -0.3 is 4.90 Å². The average Bonchev–Trinajstić information content (AvgIpc) is 2.78. The number of aryl methyl sites for hydroxylation is 2. The molecule has 1 aliphatic rings. The van der Waals surface area contributed by atoms with Crippen LogP contribution in [0.25, 0.3) is 0 Å². The Kier molecular flexibility index (Phi) is 8.03. The number of carbonyl (C=O) groups excluding carboxylic acids is 2. The number of sulfonamides is 1. The predicted octanol–water partition coefficient (Wildman–Crippen LogP) is 3.97. The van der Waals surface area contributed by atoms with Gasteiger partial charge in [-0.15, -0.1) is 11.8 Å². The summed E-state index contributed by atoms with van der Waals surface area (Å²) < 4.78 is 27.1. The zero-order chi connectivity index (χ0) is 24.3. The topological polar surface area (TPSA) is 74.8 Å². The summed E-state index contributed by atoms with van der Waals surface area (Å²) in [6.45, 7) is 10.8. The van der Waals surface area contributed by atoms with Crippen LogP contribution in [0, 0.1) is 20.8 Å². The molecule has 6 nitrogen and oxygen atoms in total. The van der Waals surface area contributed by atoms with Crippen LogP contribution in [0.1, 0.15) is 46.5 Å². The predicted molar refractivity (Wildman–Crippen MR) is 133 cm³/mol. The zero-order valence-electron chi connectivity index (χ0n) is 19.9. The molecular weight excluding hydrogens is 456 g/mol. The van der Waals surface area contributed by atoms with Crippen LogP contribution in [0.3, 0.4) is 0 Å². The number of carbonyl (C=O) groups is 2. The fourth-order valence-electron chi connectivity index (χ4n) is 4.42. The van der Waals surface area contributed by atoms with E-state index in [1.54, 1.807) is 53.9 Å². The van der Waals surface area contributed by atoms with Crippen molar-refractivity contribution in [3.63, 3.8) is 0 Å². The van der Waals surface area contributed by atoms with Crippen LogP contribution in [-0.4, -0.2) is 60.7 Å². The minimum Gasteiger partial charge on any atom is -0.339 e. The molecule has 1 heterocycles. The van der Waals surface area contributed by atoms with Gasteiger partial charge in [0.1, 0.15) is 0 Å². The number of nitrogens with zero attached hydrogens (tertiary/aromatic N) is 2. The molecule has 33 heavy (non-hydrogen) atoms. The normalized spacial score (nSPS) is 16.0. The van der Waals surface area contributed by atoms with Crippen LogP contribution in [0.4, 0.5) is 0 Å². The van der Waals surface area contributed by atoms with E-state index in [-0.39, 0.29) is 21.8 Å². The molecule has 8 heteroatoms. The third kappa shape index (κ3) is 5.50. The molecule has 3 rings (SSSR count). The maximum atomic E-state index is 13.0. The summed E-state index contributed by atoms with van der Waals surface area (Å²) in [5, 5.41) is -0.261. The second-order valence-corrected chi connectivity index (χ2v) is 11.8. The van der Waals surface area contributed by atoms with Crippen LogP contribution in [0.2, 0.25) is 0 Å². The van der Waals surface area contributed by atoms with Gasteiger partial charge >= 0.3 is 0 Å². The summed E-state index contributed by atoms with van der Waals surface area (Å²) in [5.41, 5.74) is 4.98. The molecule has 1 aliphatic heterocycles. The van der Waals surface area contributed by atoms with Crippen LogP contribution in [0.5, 0.6) is 0 Å². The van der Waals surface area contributed by atoms with Gasteiger partial charge in [0.15, 0.2) is 5.78 Å². The van der Waals surface area contributed by atoms with Crippen molar-refractivity contribution in [3.05, 3.63) is 64.2 Å². The lowest BCUT2D eigenvalue weighted by Crippen LogP contribution is -2.52. The van der Waals surface area contributed by atoms with Gasteiger partial charge in [0.25, 0.3) is 0 Å². The number of hydrogen-bond acceptors (Lipinski definition) is 5. The molecule has 1 saturated heterocycles. The summed E-state index contributed by atoms with van der Waals surface area (Å²) in [4.78, 5) is 27.1. The first-order valence-corrected chi connectivity index (χ1v) is 13.6. The summed E-state index contributed by atoms with van der Waals surface area (Å²) in [5.74, 6) is 0.725. The molecule has 0 saturated carbocycles. The standard InChI is InChI=1S/C25H32N2O4S2/c1-17-15-18(2)24(20(4)28)19(3)23(17)16-32-21(5)25(29)26-11-13-27(14-12-26)33(30,31)22-9-7-6-8-10-22/h6-10,15,21H,11-14,16H2,1-5H3. The molecule has 0 aromatic heterocycles. The van der Waals surface area contributed by atoms with Gasteiger partial charge in [-0.2, -0.15) is 4.31 Å². The van der Waals surface area contributed by atoms with Crippen LogP contribution in [0.15, 0.2) is 41.3 Å². The van der Waals surface area contributed by atoms with E-state index in [4.69, 9.17) is 0 Å². The van der Waals surface area contributed by atoms with Crippen molar-refractivity contribution in [3.8, 4) is 0 Å². The Balaban J connectivity index is 1.61. The van der Waals surface area contributed by atoms with E-state index < -0.39 is 10.0 Å². The Hall–Kier alpha value is -2.16. The van der Waals surface area contributed by atoms with E-state index in [1.807, 2.05) is 33.8 Å². The molecule has 1 atom stereocenters. The van der Waals surface area contributed by atoms with Gasteiger partial charge in [-0.1, -0.05) is 24.3 Å². The molecule has 1 unspecified atom stereocenters. The molecule has 0 N–H and O–H groups in total. The number of rotatable bonds is 7. The molecule has 2 aromatic carbocycles. The monoisotopic (exact) mass is 488 g/mol. The number of ketones is 1. The number of amides is 1. The van der Waals surface area contributed by atoms with Gasteiger partial charge in [-0.05, 0) is 69.0 Å². The van der Waals surface area contributed by atoms with E-state index in [9.17, 15) is 18.0 Å². The van der Waals surface area contributed by atoms with Crippen molar-refractivity contribution in [1.29, 1.82) is 0 Å². The lowest BCUT2D eigenvalue weighted by atomic mass is 9.92. The fraction of sp³-hybridized carbons (Fsp3) is 0.440. The Morgan fingerprint density at radius 3 is 2.18 bits per heavy atom. The van der Waals surface area contributed by atoms with Crippen molar-refractivity contribution in [2.75, 3.05) is 26.2 Å². The van der Waals surface area contributed by atoms with Crippen molar-refractivity contribution >= 4 is 33.5 Å². The maximum absolute atomic E-state index is 13.0. The summed E-state index contributed by atoms with van der Waals surface area (Å²) >= 11 is 1.55. The Bertz CT molecular complexity index is 1140. The first kappa shape index (κ1) is 25.5. The van der Waals surface area contributed by atoms with E-state index in [0.29, 0.717) is 31.9 Å². The first-order valence-electron chi connectivity index (χ1n) is 11.1. The molecule has 178 valence electrons. The SMILES string of the molecule is CC(=O)c1c(C)cc(C)c(CSC(C)C(=O)N2CCN(S(=O)(=O)c3ccccc3)CC2)c1C. The summed E-state index contributed by atoms with van der Waals surface area (Å²) in [7, 11) is -3.54. The van der Waals surface area contributed by atoms with E-state index >= 15 is 0 Å². The highest BCUT2D eigenvalue weighted by Crippen LogP contribution is 2.29. The molecule has 0 bridgehead atoms. The van der Waals surface area contributed by atoms with Crippen LogP contribution < -0.4 is 0 Å². The van der Waals surface area contributed by atoms with Crippen LogP contribution >= 0.6 is 11.8 Å². The molecule has 1 fully saturated rings. The zero-order valence-corrected chi connectivity index (χ0v) is 21.6. The Labute approximate surface area is 201 Å². The van der Waals surface area contributed by atoms with E-state index in [2.05, 4.69) is 0 Å². The number of benzene rings is 2. The summed E-state index contributed by atoms with van der Waals surface area (Å²) in [6.07, 6.45) is 0. The van der Waals surface area contributed by atoms with E-state index in [0.717, 1.165) is 27.8 Å². The number of piperazine rings is 1. The van der Waals surface area contributed by atoms with E-state index in [1.165, 1.54) is 4.31 Å². The maximum Gasteiger partial charge on any atom is 0.243 e. The van der Waals surface area contributed by atoms with Gasteiger partial charge in [-0.25, -0.2) is 8.42 Å². The Morgan fingerprint density at radius 1 is 1.00 bits per heavy atom. The highest BCUT2D eigenvalue weighted by molar-refractivity contribution is 7.99. The Morgan fingerprint density at radius 2 is 1.61 bits per heavy atom. The lowest BCUT2D eigenvalue weighted by molar-refractivity contribution is -0.131. The highest BCUT2D eigenvalue weighted by atomic mass is 32.2. The first-order chi connectivity index (χ1) is 15.5. The second kappa shape index (κ2) is 10.4. The quantitative estimate of drug-likeness (QED) is 0.552. The average molecular weight is 489 g/mol. The number of Topliss-reactive ketones (excluding diaryl/α,β-unsaturated/α-hetero) is 1. The molecule has 0 aliphatic carbocycles. The van der Waals surface area contributed by atoms with Crippen molar-refractivity contribution < 1.29 is 18.0 Å². The molecule has 2 aromatic rings. The molecule has 1 amide bonds. The fourth-order valence-corrected chi connectivity index (χ4v) is 7.01. The van der Waals surface area contributed by atoms with Gasteiger partial charge in [0.2, 0.25) is 15.9 Å². The van der Waals surface area contributed by atoms with Gasteiger partial charge in [0.05, 0.1) is 10.1 Å². The summed E-state index contributed by atoms with van der Waals surface area (Å²) in [6, 6.07) is 10.4.